The quantitative estimate of drug-likeness (QED) is 0.710. The first-order valence-electron chi connectivity index (χ1n) is 4.87. The lowest BCUT2D eigenvalue weighted by Gasteiger charge is -2.16. The van der Waals surface area contributed by atoms with E-state index in [1.807, 2.05) is 13.0 Å². The van der Waals surface area contributed by atoms with Gasteiger partial charge in [0.1, 0.15) is 0 Å². The van der Waals surface area contributed by atoms with Gasteiger partial charge in [-0.2, -0.15) is 0 Å². The van der Waals surface area contributed by atoms with Crippen LogP contribution in [0, 0.1) is 27.7 Å². The molecule has 0 amide bonds. The first-order chi connectivity index (χ1) is 6.49. The summed E-state index contributed by atoms with van der Waals surface area (Å²) in [5.74, 6) is 0. The van der Waals surface area contributed by atoms with E-state index in [9.17, 15) is 5.11 Å². The van der Waals surface area contributed by atoms with Crippen molar-refractivity contribution in [2.75, 3.05) is 0 Å². The molecule has 0 spiro atoms. The summed E-state index contributed by atoms with van der Waals surface area (Å²) in [6, 6.07) is 2.05. The summed E-state index contributed by atoms with van der Waals surface area (Å²) in [6.45, 7) is 11.9. The van der Waals surface area contributed by atoms with Gasteiger partial charge in [-0.1, -0.05) is 12.1 Å². The molecule has 0 aliphatic heterocycles. The molecular weight excluding hydrogens is 172 g/mol. The van der Waals surface area contributed by atoms with Crippen molar-refractivity contribution in [2.45, 2.75) is 33.8 Å². The molecule has 1 heteroatoms. The summed E-state index contributed by atoms with van der Waals surface area (Å²) in [5, 5.41) is 9.73. The summed E-state index contributed by atoms with van der Waals surface area (Å²) < 4.78 is 0. The highest BCUT2D eigenvalue weighted by Crippen LogP contribution is 2.26. The molecule has 1 nitrogen and oxygen atoms in total. The van der Waals surface area contributed by atoms with E-state index < -0.39 is 6.10 Å². The average molecular weight is 190 g/mol. The lowest BCUT2D eigenvalue weighted by molar-refractivity contribution is 0.228. The second-order valence-corrected chi connectivity index (χ2v) is 3.84. The second kappa shape index (κ2) is 3.97. The first kappa shape index (κ1) is 11.0. The molecule has 1 aromatic rings. The van der Waals surface area contributed by atoms with Gasteiger partial charge in [-0.05, 0) is 55.5 Å². The number of aliphatic hydroxyl groups excluding tert-OH is 1. The zero-order chi connectivity index (χ0) is 10.9. The zero-order valence-electron chi connectivity index (χ0n) is 9.39. The molecule has 14 heavy (non-hydrogen) atoms. The van der Waals surface area contributed by atoms with E-state index in [4.69, 9.17) is 0 Å². The summed E-state index contributed by atoms with van der Waals surface area (Å²) in [5.41, 5.74) is 5.94. The van der Waals surface area contributed by atoms with Crippen molar-refractivity contribution < 1.29 is 5.11 Å². The average Bonchev–Trinajstić information content (AvgIpc) is 2.19. The maximum atomic E-state index is 9.73. The fourth-order valence-corrected chi connectivity index (χ4v) is 1.68. The molecule has 0 saturated heterocycles. The highest BCUT2D eigenvalue weighted by molar-refractivity contribution is 5.45. The number of rotatable bonds is 2. The van der Waals surface area contributed by atoms with Crippen molar-refractivity contribution in [1.29, 1.82) is 0 Å². The van der Waals surface area contributed by atoms with Crippen molar-refractivity contribution in [3.63, 3.8) is 0 Å². The van der Waals surface area contributed by atoms with E-state index >= 15 is 0 Å². The molecular formula is C13H18O. The summed E-state index contributed by atoms with van der Waals surface area (Å²) >= 11 is 0. The van der Waals surface area contributed by atoms with Crippen LogP contribution in [0.1, 0.15) is 33.9 Å². The molecule has 76 valence electrons. The van der Waals surface area contributed by atoms with E-state index in [1.165, 1.54) is 22.3 Å². The fraction of sp³-hybridized carbons (Fsp3) is 0.385. The maximum Gasteiger partial charge on any atom is 0.0971 e. The molecule has 0 radical (unpaired) electrons. The molecule has 0 aliphatic carbocycles. The Balaban J connectivity index is 3.40. The minimum Gasteiger partial charge on any atom is -0.384 e. The van der Waals surface area contributed by atoms with Crippen molar-refractivity contribution in [3.8, 4) is 0 Å². The maximum absolute atomic E-state index is 9.73. The Hall–Kier alpha value is -1.08. The summed E-state index contributed by atoms with van der Waals surface area (Å²) in [4.78, 5) is 0. The summed E-state index contributed by atoms with van der Waals surface area (Å²) in [6.07, 6.45) is 1.02. The number of hydrogen-bond acceptors (Lipinski definition) is 1. The molecule has 1 aromatic carbocycles. The molecule has 0 bridgehead atoms. The van der Waals surface area contributed by atoms with Crippen LogP contribution < -0.4 is 0 Å². The second-order valence-electron chi connectivity index (χ2n) is 3.84. The van der Waals surface area contributed by atoms with Crippen LogP contribution in [0.2, 0.25) is 0 Å². The highest BCUT2D eigenvalue weighted by Gasteiger charge is 2.11. The van der Waals surface area contributed by atoms with Gasteiger partial charge in [0.25, 0.3) is 0 Å². The van der Waals surface area contributed by atoms with Gasteiger partial charge in [0.05, 0.1) is 6.10 Å². The van der Waals surface area contributed by atoms with Crippen LogP contribution in [0.4, 0.5) is 0 Å². The van der Waals surface area contributed by atoms with Gasteiger partial charge < -0.3 is 5.11 Å². The van der Waals surface area contributed by atoms with Crippen LogP contribution in [0.25, 0.3) is 0 Å². The third-order valence-corrected chi connectivity index (χ3v) is 3.06. The SMILES string of the molecule is C=CC(O)c1cc(C)c(C)c(C)c1C. The Kier molecular flexibility index (Phi) is 3.12. The first-order valence-corrected chi connectivity index (χ1v) is 4.87. The van der Waals surface area contributed by atoms with E-state index in [2.05, 4.69) is 27.4 Å². The van der Waals surface area contributed by atoms with Gasteiger partial charge in [0.15, 0.2) is 0 Å². The van der Waals surface area contributed by atoms with Crippen LogP contribution in [0.3, 0.4) is 0 Å². The van der Waals surface area contributed by atoms with E-state index in [0.717, 1.165) is 5.56 Å². The Morgan fingerprint density at radius 2 is 1.71 bits per heavy atom. The van der Waals surface area contributed by atoms with Gasteiger partial charge in [0.2, 0.25) is 0 Å². The van der Waals surface area contributed by atoms with Crippen molar-refractivity contribution in [2.24, 2.45) is 0 Å². The zero-order valence-corrected chi connectivity index (χ0v) is 9.39. The molecule has 0 aromatic heterocycles. The van der Waals surface area contributed by atoms with E-state index in [1.54, 1.807) is 6.08 Å². The van der Waals surface area contributed by atoms with E-state index in [0.29, 0.717) is 0 Å². The smallest absolute Gasteiger partial charge is 0.0971 e. The topological polar surface area (TPSA) is 20.2 Å². The Morgan fingerprint density at radius 1 is 1.14 bits per heavy atom. The number of benzene rings is 1. The lowest BCUT2D eigenvalue weighted by Crippen LogP contribution is -2.01. The third-order valence-electron chi connectivity index (χ3n) is 3.06. The standard InChI is InChI=1S/C13H18O/c1-6-13(14)12-7-8(2)9(3)10(4)11(12)5/h6-7,13-14H,1H2,2-5H3. The molecule has 0 aliphatic rings. The van der Waals surface area contributed by atoms with Gasteiger partial charge in [-0.25, -0.2) is 0 Å². The van der Waals surface area contributed by atoms with Crippen LogP contribution in [-0.4, -0.2) is 5.11 Å². The molecule has 0 heterocycles. The van der Waals surface area contributed by atoms with E-state index in [-0.39, 0.29) is 0 Å². The monoisotopic (exact) mass is 190 g/mol. The summed E-state index contributed by atoms with van der Waals surface area (Å²) in [7, 11) is 0. The minimum absolute atomic E-state index is 0.548. The van der Waals surface area contributed by atoms with Gasteiger partial charge >= 0.3 is 0 Å². The van der Waals surface area contributed by atoms with Crippen LogP contribution >= 0.6 is 0 Å². The highest BCUT2D eigenvalue weighted by atomic mass is 16.3. The van der Waals surface area contributed by atoms with Crippen LogP contribution in [0.15, 0.2) is 18.7 Å². The number of aliphatic hydroxyl groups is 1. The Morgan fingerprint density at radius 3 is 2.21 bits per heavy atom. The largest absolute Gasteiger partial charge is 0.384 e. The minimum atomic E-state index is -0.548. The molecule has 1 atom stereocenters. The predicted octanol–water partition coefficient (Wildman–Crippen LogP) is 3.14. The molecule has 1 unspecified atom stereocenters. The molecule has 1 rings (SSSR count). The van der Waals surface area contributed by atoms with Gasteiger partial charge in [-0.15, -0.1) is 6.58 Å². The fourth-order valence-electron chi connectivity index (χ4n) is 1.68. The van der Waals surface area contributed by atoms with Gasteiger partial charge in [-0.3, -0.25) is 0 Å². The molecule has 1 N–H and O–H groups in total. The normalized spacial score (nSPS) is 12.6. The Labute approximate surface area is 86.1 Å². The lowest BCUT2D eigenvalue weighted by atomic mass is 9.92. The van der Waals surface area contributed by atoms with Crippen LogP contribution in [0.5, 0.6) is 0 Å². The number of hydrogen-bond donors (Lipinski definition) is 1. The number of aryl methyl sites for hydroxylation is 1. The molecule has 0 saturated carbocycles. The van der Waals surface area contributed by atoms with Crippen molar-refractivity contribution >= 4 is 0 Å². The predicted molar refractivity (Wildman–Crippen MR) is 60.5 cm³/mol. The van der Waals surface area contributed by atoms with Gasteiger partial charge in [0, 0.05) is 0 Å². The van der Waals surface area contributed by atoms with Crippen molar-refractivity contribution in [1.82, 2.24) is 0 Å². The molecule has 0 fully saturated rings. The third kappa shape index (κ3) is 1.73. The Bertz CT molecular complexity index is 364. The van der Waals surface area contributed by atoms with Crippen molar-refractivity contribution in [3.05, 3.63) is 46.5 Å². The van der Waals surface area contributed by atoms with Crippen LogP contribution in [-0.2, 0) is 0 Å².